The predicted octanol–water partition coefficient (Wildman–Crippen LogP) is 6.08. The first-order valence-corrected chi connectivity index (χ1v) is 12.8. The minimum absolute atomic E-state index is 0.0707. The van der Waals surface area contributed by atoms with Crippen LogP contribution < -0.4 is 18.9 Å². The van der Waals surface area contributed by atoms with E-state index in [1.807, 2.05) is 36.4 Å². The number of benzene rings is 3. The van der Waals surface area contributed by atoms with Crippen molar-refractivity contribution >= 4 is 16.8 Å². The number of carbonyl (C=O) groups is 1. The molecule has 3 aromatic carbocycles. The molecule has 0 aliphatic carbocycles. The largest absolute Gasteiger partial charge is 0.493 e. The normalized spacial score (nSPS) is 14.4. The van der Waals surface area contributed by atoms with E-state index in [4.69, 9.17) is 23.4 Å². The van der Waals surface area contributed by atoms with Gasteiger partial charge in [0.05, 0.1) is 34.0 Å². The number of ketones is 1. The van der Waals surface area contributed by atoms with Gasteiger partial charge in [-0.15, -0.1) is 0 Å². The zero-order valence-electron chi connectivity index (χ0n) is 22.3. The number of carbonyl (C=O) groups excluding carboxylic acids is 1. The van der Waals surface area contributed by atoms with Gasteiger partial charge in [0, 0.05) is 23.4 Å². The highest BCUT2D eigenvalue weighted by Crippen LogP contribution is 2.39. The van der Waals surface area contributed by atoms with Gasteiger partial charge in [-0.2, -0.15) is 0 Å². The van der Waals surface area contributed by atoms with Crippen molar-refractivity contribution in [3.8, 4) is 23.0 Å². The van der Waals surface area contributed by atoms with Crippen LogP contribution in [-0.4, -0.2) is 52.2 Å². The third-order valence-electron chi connectivity index (χ3n) is 7.31. The van der Waals surface area contributed by atoms with Crippen LogP contribution in [0.4, 0.5) is 0 Å². The average Bonchev–Trinajstić information content (AvgIpc) is 3.36. The minimum atomic E-state index is -0.0707. The summed E-state index contributed by atoms with van der Waals surface area (Å²) in [5.74, 6) is 3.44. The van der Waals surface area contributed by atoms with Crippen molar-refractivity contribution in [2.45, 2.75) is 25.3 Å². The zero-order chi connectivity index (χ0) is 26.6. The molecule has 0 unspecified atom stereocenters. The number of furan rings is 1. The standard InChI is InChI=1S/C31H33NO6/c1-34-25-11-9-20(17-27(25)36-3)19-32-15-13-21(14-16-32)31-29(23-7-5-6-8-24(23)38-31)30(33)22-10-12-26(35-2)28(18-22)37-4/h5-12,17-18,21H,13-16,19H2,1-4H3. The number of nitrogens with zero attached hydrogens (tertiary/aromatic N) is 1. The summed E-state index contributed by atoms with van der Waals surface area (Å²) in [6.07, 6.45) is 1.80. The summed E-state index contributed by atoms with van der Waals surface area (Å²) < 4.78 is 28.0. The van der Waals surface area contributed by atoms with Gasteiger partial charge in [0.15, 0.2) is 28.8 Å². The van der Waals surface area contributed by atoms with E-state index in [-0.39, 0.29) is 11.7 Å². The predicted molar refractivity (Wildman–Crippen MR) is 146 cm³/mol. The van der Waals surface area contributed by atoms with Crippen LogP contribution in [0.15, 0.2) is 65.1 Å². The molecule has 1 aliphatic heterocycles. The number of rotatable bonds is 9. The summed E-state index contributed by atoms with van der Waals surface area (Å²) in [5, 5.41) is 0.843. The Kier molecular flexibility index (Phi) is 7.56. The molecule has 0 atom stereocenters. The van der Waals surface area contributed by atoms with Gasteiger partial charge in [-0.3, -0.25) is 9.69 Å². The maximum absolute atomic E-state index is 13.9. The van der Waals surface area contributed by atoms with Crippen LogP contribution in [0.25, 0.3) is 11.0 Å². The van der Waals surface area contributed by atoms with Crippen LogP contribution in [-0.2, 0) is 6.54 Å². The van der Waals surface area contributed by atoms with Crippen LogP contribution in [0.1, 0.15) is 46.0 Å². The SMILES string of the molecule is COc1ccc(CN2CCC(c3oc4ccccc4c3C(=O)c3ccc(OC)c(OC)c3)CC2)cc1OC. The van der Waals surface area contributed by atoms with Crippen molar-refractivity contribution in [1.82, 2.24) is 4.90 Å². The third-order valence-corrected chi connectivity index (χ3v) is 7.31. The number of hydrogen-bond acceptors (Lipinski definition) is 7. The topological polar surface area (TPSA) is 70.4 Å². The molecule has 1 aromatic heterocycles. The molecule has 0 spiro atoms. The van der Waals surface area contributed by atoms with Crippen LogP contribution in [0, 0.1) is 0 Å². The lowest BCUT2D eigenvalue weighted by molar-refractivity contribution is 0.103. The van der Waals surface area contributed by atoms with E-state index in [1.165, 1.54) is 5.56 Å². The van der Waals surface area contributed by atoms with Gasteiger partial charge in [-0.05, 0) is 67.9 Å². The molecule has 2 heterocycles. The fourth-order valence-corrected chi connectivity index (χ4v) is 5.30. The van der Waals surface area contributed by atoms with Crippen LogP contribution in [0.2, 0.25) is 0 Å². The molecule has 38 heavy (non-hydrogen) atoms. The lowest BCUT2D eigenvalue weighted by atomic mass is 9.88. The van der Waals surface area contributed by atoms with Crippen LogP contribution >= 0.6 is 0 Å². The molecule has 0 saturated carbocycles. The molecule has 1 saturated heterocycles. The maximum atomic E-state index is 13.9. The van der Waals surface area contributed by atoms with Crippen molar-refractivity contribution in [2.75, 3.05) is 41.5 Å². The van der Waals surface area contributed by atoms with Crippen LogP contribution in [0.3, 0.4) is 0 Å². The Morgan fingerprint density at radius 2 is 1.45 bits per heavy atom. The van der Waals surface area contributed by atoms with E-state index in [1.54, 1.807) is 46.6 Å². The number of likely N-dealkylation sites (tertiary alicyclic amines) is 1. The summed E-state index contributed by atoms with van der Waals surface area (Å²) in [6.45, 7) is 2.63. The molecule has 5 rings (SSSR count). The van der Waals surface area contributed by atoms with Crippen LogP contribution in [0.5, 0.6) is 23.0 Å². The summed E-state index contributed by atoms with van der Waals surface area (Å²) in [4.78, 5) is 16.3. The monoisotopic (exact) mass is 515 g/mol. The van der Waals surface area contributed by atoms with Crippen molar-refractivity contribution in [3.05, 3.63) is 83.1 Å². The summed E-state index contributed by atoms with van der Waals surface area (Å²) >= 11 is 0. The number of ether oxygens (including phenoxy) is 4. The van der Waals surface area contributed by atoms with Crippen molar-refractivity contribution < 1.29 is 28.2 Å². The number of fused-ring (bicyclic) bond motifs is 1. The van der Waals surface area contributed by atoms with E-state index >= 15 is 0 Å². The average molecular weight is 516 g/mol. The second kappa shape index (κ2) is 11.2. The highest BCUT2D eigenvalue weighted by atomic mass is 16.5. The molecule has 0 radical (unpaired) electrons. The Balaban J connectivity index is 1.38. The Labute approximate surface area is 222 Å². The highest BCUT2D eigenvalue weighted by molar-refractivity contribution is 6.17. The lowest BCUT2D eigenvalue weighted by Crippen LogP contribution is -2.32. The first-order chi connectivity index (χ1) is 18.6. The Morgan fingerprint density at radius 3 is 2.13 bits per heavy atom. The van der Waals surface area contributed by atoms with E-state index in [0.717, 1.165) is 60.7 Å². The molecular formula is C31H33NO6. The van der Waals surface area contributed by atoms with Gasteiger partial charge < -0.3 is 23.4 Å². The second-order valence-corrected chi connectivity index (χ2v) is 9.48. The molecule has 4 aromatic rings. The number of hydrogen-bond donors (Lipinski definition) is 0. The van der Waals surface area contributed by atoms with Gasteiger partial charge in [0.1, 0.15) is 11.3 Å². The van der Waals surface area contributed by atoms with Gasteiger partial charge in [0.25, 0.3) is 0 Å². The molecule has 0 amide bonds. The molecule has 7 heteroatoms. The quantitative estimate of drug-likeness (QED) is 0.250. The zero-order valence-corrected chi connectivity index (χ0v) is 22.3. The highest BCUT2D eigenvalue weighted by Gasteiger charge is 2.30. The number of methoxy groups -OCH3 is 4. The van der Waals surface area contributed by atoms with E-state index in [2.05, 4.69) is 11.0 Å². The van der Waals surface area contributed by atoms with Crippen molar-refractivity contribution in [2.24, 2.45) is 0 Å². The Morgan fingerprint density at radius 1 is 0.816 bits per heavy atom. The van der Waals surface area contributed by atoms with E-state index in [9.17, 15) is 4.79 Å². The first-order valence-electron chi connectivity index (χ1n) is 12.8. The first kappa shape index (κ1) is 25.7. The molecule has 0 bridgehead atoms. The lowest BCUT2D eigenvalue weighted by Gasteiger charge is -2.31. The smallest absolute Gasteiger partial charge is 0.197 e. The molecular weight excluding hydrogens is 482 g/mol. The summed E-state index contributed by atoms with van der Waals surface area (Å²) in [6, 6.07) is 19.1. The fourth-order valence-electron chi connectivity index (χ4n) is 5.30. The van der Waals surface area contributed by atoms with Gasteiger partial charge in [0.2, 0.25) is 0 Å². The molecule has 1 aliphatic rings. The van der Waals surface area contributed by atoms with Crippen molar-refractivity contribution in [1.29, 1.82) is 0 Å². The fraction of sp³-hybridized carbons (Fsp3) is 0.323. The Bertz CT molecular complexity index is 1430. The molecule has 1 fully saturated rings. The number of para-hydroxylation sites is 1. The molecule has 198 valence electrons. The second-order valence-electron chi connectivity index (χ2n) is 9.48. The summed E-state index contributed by atoms with van der Waals surface area (Å²) in [7, 11) is 6.45. The summed E-state index contributed by atoms with van der Waals surface area (Å²) in [5.41, 5.74) is 3.10. The third kappa shape index (κ3) is 4.94. The molecule has 7 nitrogen and oxygen atoms in total. The van der Waals surface area contributed by atoms with Crippen molar-refractivity contribution in [3.63, 3.8) is 0 Å². The molecule has 0 N–H and O–H groups in total. The van der Waals surface area contributed by atoms with E-state index < -0.39 is 0 Å². The minimum Gasteiger partial charge on any atom is -0.493 e. The van der Waals surface area contributed by atoms with Gasteiger partial charge >= 0.3 is 0 Å². The van der Waals surface area contributed by atoms with E-state index in [0.29, 0.717) is 22.6 Å². The van der Waals surface area contributed by atoms with Gasteiger partial charge in [-0.1, -0.05) is 24.3 Å². The van der Waals surface area contributed by atoms with Gasteiger partial charge in [-0.25, -0.2) is 0 Å². The Hall–Kier alpha value is -3.97. The number of piperidine rings is 1. The maximum Gasteiger partial charge on any atom is 0.197 e.